The molecule has 4 atom stereocenters. The fourth-order valence-electron chi connectivity index (χ4n) is 7.57. The minimum Gasteiger partial charge on any atom is -0.462 e. The summed E-state index contributed by atoms with van der Waals surface area (Å²) in [5, 5.41) is 0. The lowest BCUT2D eigenvalue weighted by Crippen LogP contribution is -2.43. The summed E-state index contributed by atoms with van der Waals surface area (Å²) >= 11 is 0. The van der Waals surface area contributed by atoms with Crippen LogP contribution < -0.4 is 0 Å². The molecule has 0 heterocycles. The smallest absolute Gasteiger partial charge is 0.306 e. The van der Waals surface area contributed by atoms with Crippen molar-refractivity contribution in [2.45, 2.75) is 136 Å². The van der Waals surface area contributed by atoms with Gasteiger partial charge in [-0.25, -0.2) is 0 Å². The lowest BCUT2D eigenvalue weighted by atomic mass is 9.54. The first-order valence-corrected chi connectivity index (χ1v) is 14.0. The first-order valence-electron chi connectivity index (χ1n) is 14.0. The van der Waals surface area contributed by atoms with Gasteiger partial charge in [-0.2, -0.15) is 0 Å². The molecule has 33 heavy (non-hydrogen) atoms. The van der Waals surface area contributed by atoms with Crippen molar-refractivity contribution in [1.82, 2.24) is 0 Å². The van der Waals surface area contributed by atoms with Gasteiger partial charge in [-0.3, -0.25) is 9.59 Å². The highest BCUT2D eigenvalue weighted by Crippen LogP contribution is 2.62. The van der Waals surface area contributed by atoms with Gasteiger partial charge < -0.3 is 4.74 Å². The molecule has 4 rings (SSSR count). The molecule has 1 saturated carbocycles. The molecule has 4 aliphatic rings. The maximum absolute atomic E-state index is 12.7. The topological polar surface area (TPSA) is 43.4 Å². The summed E-state index contributed by atoms with van der Waals surface area (Å²) in [6, 6.07) is 0. The van der Waals surface area contributed by atoms with Gasteiger partial charge in [0.15, 0.2) is 5.78 Å². The molecule has 0 radical (unpaired) electrons. The molecular weight excluding hydrogens is 408 g/mol. The first-order chi connectivity index (χ1) is 15.9. The van der Waals surface area contributed by atoms with E-state index in [4.69, 9.17) is 4.74 Å². The summed E-state index contributed by atoms with van der Waals surface area (Å²) in [4.78, 5) is 24.7. The van der Waals surface area contributed by atoms with Crippen LogP contribution in [-0.2, 0) is 14.3 Å². The third-order valence-electron chi connectivity index (χ3n) is 9.72. The summed E-state index contributed by atoms with van der Waals surface area (Å²) in [7, 11) is 0. The van der Waals surface area contributed by atoms with Crippen LogP contribution in [0, 0.1) is 16.7 Å². The van der Waals surface area contributed by atoms with Gasteiger partial charge in [-0.1, -0.05) is 82.4 Å². The van der Waals surface area contributed by atoms with E-state index in [0.29, 0.717) is 24.5 Å². The van der Waals surface area contributed by atoms with Gasteiger partial charge in [-0.05, 0) is 63.4 Å². The highest BCUT2D eigenvalue weighted by atomic mass is 16.5. The third kappa shape index (κ3) is 5.03. The van der Waals surface area contributed by atoms with Gasteiger partial charge in [0, 0.05) is 23.7 Å². The van der Waals surface area contributed by atoms with Crippen LogP contribution in [0.25, 0.3) is 0 Å². The Morgan fingerprint density at radius 2 is 1.67 bits per heavy atom. The third-order valence-corrected chi connectivity index (χ3v) is 9.72. The number of hydrogen-bond acceptors (Lipinski definition) is 3. The second-order valence-electron chi connectivity index (χ2n) is 11.8. The van der Waals surface area contributed by atoms with E-state index in [-0.39, 0.29) is 22.9 Å². The van der Waals surface area contributed by atoms with Gasteiger partial charge in [0.1, 0.15) is 6.10 Å². The summed E-state index contributed by atoms with van der Waals surface area (Å²) in [6.45, 7) is 7.03. The van der Waals surface area contributed by atoms with Crippen molar-refractivity contribution in [1.29, 1.82) is 0 Å². The van der Waals surface area contributed by atoms with Crippen molar-refractivity contribution in [3.63, 3.8) is 0 Å². The van der Waals surface area contributed by atoms with Crippen molar-refractivity contribution in [3.05, 3.63) is 22.8 Å². The quantitative estimate of drug-likeness (QED) is 0.191. The largest absolute Gasteiger partial charge is 0.462 e. The molecular formula is C30H46O3. The normalized spacial score (nSPS) is 33.3. The van der Waals surface area contributed by atoms with Gasteiger partial charge in [0.25, 0.3) is 0 Å². The predicted molar refractivity (Wildman–Crippen MR) is 134 cm³/mol. The Morgan fingerprint density at radius 1 is 0.939 bits per heavy atom. The number of ether oxygens (including phenoxy) is 1. The van der Waals surface area contributed by atoms with E-state index in [0.717, 1.165) is 57.8 Å². The second-order valence-corrected chi connectivity index (χ2v) is 11.8. The number of esters is 1. The van der Waals surface area contributed by atoms with Crippen LogP contribution in [0.1, 0.15) is 130 Å². The highest BCUT2D eigenvalue weighted by Gasteiger charge is 2.55. The molecule has 184 valence electrons. The lowest BCUT2D eigenvalue weighted by Gasteiger charge is -2.50. The van der Waals surface area contributed by atoms with Gasteiger partial charge in [0.2, 0.25) is 0 Å². The maximum atomic E-state index is 12.7. The van der Waals surface area contributed by atoms with Crippen LogP contribution in [0.15, 0.2) is 22.8 Å². The zero-order valence-electron chi connectivity index (χ0n) is 21.5. The van der Waals surface area contributed by atoms with Crippen molar-refractivity contribution in [2.75, 3.05) is 0 Å². The minimum absolute atomic E-state index is 0.0271. The van der Waals surface area contributed by atoms with E-state index >= 15 is 0 Å². The van der Waals surface area contributed by atoms with Gasteiger partial charge >= 0.3 is 5.97 Å². The van der Waals surface area contributed by atoms with E-state index in [1.807, 2.05) is 6.08 Å². The number of carbonyl (C=O) groups excluding carboxylic acids is 2. The molecule has 0 aromatic carbocycles. The van der Waals surface area contributed by atoms with Crippen molar-refractivity contribution < 1.29 is 14.3 Å². The standard InChI is InChI=1S/C30H46O3/c1-4-5-6-7-8-9-10-11-12-28(32)33-27-16-15-25-24-14-13-22-21-23(31)17-19-29(22,2)26(24)18-20-30(25,27)3/h21,25,27H,4-20H2,1-3H3/t25-,27-,29-,30-/m0/s1. The van der Waals surface area contributed by atoms with Crippen molar-refractivity contribution in [2.24, 2.45) is 16.7 Å². The average Bonchev–Trinajstić information content (AvgIpc) is 3.12. The summed E-state index contributed by atoms with van der Waals surface area (Å²) < 4.78 is 6.15. The summed E-state index contributed by atoms with van der Waals surface area (Å²) in [5.74, 6) is 0.897. The Kier molecular flexibility index (Phi) is 7.86. The Labute approximate surface area is 201 Å². The Bertz CT molecular complexity index is 805. The Morgan fingerprint density at radius 3 is 2.42 bits per heavy atom. The molecule has 0 aromatic rings. The number of unbranched alkanes of at least 4 members (excludes halogenated alkanes) is 7. The zero-order chi connectivity index (χ0) is 23.5. The molecule has 0 amide bonds. The number of allylic oxidation sites excluding steroid dienone is 4. The van der Waals surface area contributed by atoms with Crippen LogP contribution in [0.4, 0.5) is 0 Å². The Hall–Kier alpha value is -1.38. The predicted octanol–water partition coefficient (Wildman–Crippen LogP) is 8.03. The SMILES string of the molecule is CCCCCCCCCCC(=O)O[C@H]1CC[C@H]2C3=C(CC[C@]12C)[C@@]1(C)CCC(=O)C=C1CC3. The van der Waals surface area contributed by atoms with Gasteiger partial charge in [-0.15, -0.1) is 0 Å². The number of hydrogen-bond donors (Lipinski definition) is 0. The molecule has 3 nitrogen and oxygen atoms in total. The van der Waals surface area contributed by atoms with E-state index in [1.54, 1.807) is 11.1 Å². The van der Waals surface area contributed by atoms with Crippen LogP contribution >= 0.6 is 0 Å². The lowest BCUT2D eigenvalue weighted by molar-refractivity contribution is -0.155. The molecule has 1 fully saturated rings. The summed E-state index contributed by atoms with van der Waals surface area (Å²) in [6.07, 6.45) is 20.8. The molecule has 0 saturated heterocycles. The fourth-order valence-corrected chi connectivity index (χ4v) is 7.57. The number of rotatable bonds is 10. The number of ketones is 1. The highest BCUT2D eigenvalue weighted by molar-refractivity contribution is 5.92. The fraction of sp³-hybridized carbons (Fsp3) is 0.800. The molecule has 0 spiro atoms. The summed E-state index contributed by atoms with van der Waals surface area (Å²) in [5.41, 5.74) is 4.89. The average molecular weight is 455 g/mol. The maximum Gasteiger partial charge on any atom is 0.306 e. The van der Waals surface area contributed by atoms with Crippen LogP contribution in [-0.4, -0.2) is 17.9 Å². The van der Waals surface area contributed by atoms with Crippen molar-refractivity contribution in [3.8, 4) is 0 Å². The number of fused-ring (bicyclic) bond motifs is 4. The molecule has 0 aromatic heterocycles. The van der Waals surface area contributed by atoms with Crippen LogP contribution in [0.2, 0.25) is 0 Å². The van der Waals surface area contributed by atoms with Crippen LogP contribution in [0.3, 0.4) is 0 Å². The second kappa shape index (κ2) is 10.5. The minimum atomic E-state index is 0.0271. The molecule has 3 heteroatoms. The van der Waals surface area contributed by atoms with E-state index in [9.17, 15) is 9.59 Å². The number of carbonyl (C=O) groups is 2. The van der Waals surface area contributed by atoms with E-state index in [2.05, 4.69) is 20.8 Å². The monoisotopic (exact) mass is 454 g/mol. The molecule has 0 unspecified atom stereocenters. The van der Waals surface area contributed by atoms with Crippen LogP contribution in [0.5, 0.6) is 0 Å². The van der Waals surface area contributed by atoms with E-state index in [1.165, 1.54) is 44.1 Å². The molecule has 0 aliphatic heterocycles. The Balaban J connectivity index is 1.31. The molecule has 4 aliphatic carbocycles. The molecule has 0 N–H and O–H groups in total. The molecule has 0 bridgehead atoms. The first kappa shape index (κ1) is 24.7. The van der Waals surface area contributed by atoms with Gasteiger partial charge in [0.05, 0.1) is 0 Å². The zero-order valence-corrected chi connectivity index (χ0v) is 21.5. The van der Waals surface area contributed by atoms with Crippen molar-refractivity contribution >= 4 is 11.8 Å². The van der Waals surface area contributed by atoms with E-state index < -0.39 is 0 Å².